The number of hydrogen-bond donors (Lipinski definition) is 3. The monoisotopic (exact) mass is 350 g/mol. The van der Waals surface area contributed by atoms with E-state index in [9.17, 15) is 9.18 Å². The predicted molar refractivity (Wildman–Crippen MR) is 89.9 cm³/mol. The highest BCUT2D eigenvalue weighted by Crippen LogP contribution is 2.22. The maximum absolute atomic E-state index is 14.2. The number of carbonyl (C=O) groups excluding carboxylic acids is 1. The quantitative estimate of drug-likeness (QED) is 0.794. The standard InChI is InChI=1S/C16H16ClFN4O2/c17-10-2-1-3-11(6-10)21-16(23)22-12-7-13(18)15(20-8-12)14-9-19-4-5-24-14/h1-3,6-8,14,19H,4-5,9H2,(H2,21,22,23)/t14-/m0/s1. The highest BCUT2D eigenvalue weighted by molar-refractivity contribution is 6.30. The van der Waals surface area contributed by atoms with Crippen LogP contribution in [0.1, 0.15) is 11.8 Å². The van der Waals surface area contributed by atoms with Crippen molar-refractivity contribution >= 4 is 29.0 Å². The zero-order valence-corrected chi connectivity index (χ0v) is 13.4. The number of aromatic nitrogens is 1. The molecule has 1 saturated heterocycles. The number of nitrogens with one attached hydrogen (secondary N) is 3. The van der Waals surface area contributed by atoms with Gasteiger partial charge >= 0.3 is 6.03 Å². The lowest BCUT2D eigenvalue weighted by molar-refractivity contribution is 0.0227. The third-order valence-electron chi connectivity index (χ3n) is 3.44. The predicted octanol–water partition coefficient (Wildman–Crippen LogP) is 3.18. The van der Waals surface area contributed by atoms with E-state index in [-0.39, 0.29) is 11.4 Å². The van der Waals surface area contributed by atoms with Crippen molar-refractivity contribution < 1.29 is 13.9 Å². The summed E-state index contributed by atoms with van der Waals surface area (Å²) in [4.78, 5) is 16.0. The fraction of sp³-hybridized carbons (Fsp3) is 0.250. The van der Waals surface area contributed by atoms with E-state index in [0.717, 1.165) is 6.54 Å². The number of morpholine rings is 1. The second-order valence-corrected chi connectivity index (χ2v) is 5.68. The van der Waals surface area contributed by atoms with Gasteiger partial charge in [-0.2, -0.15) is 0 Å². The number of anilines is 2. The van der Waals surface area contributed by atoms with Gasteiger partial charge in [-0.1, -0.05) is 17.7 Å². The number of amides is 2. The van der Waals surface area contributed by atoms with E-state index in [1.807, 2.05) is 0 Å². The molecule has 1 aliphatic heterocycles. The summed E-state index contributed by atoms with van der Waals surface area (Å²) in [6.07, 6.45) is 0.974. The van der Waals surface area contributed by atoms with Crippen LogP contribution >= 0.6 is 11.6 Å². The van der Waals surface area contributed by atoms with Crippen molar-refractivity contribution in [3.8, 4) is 0 Å². The van der Waals surface area contributed by atoms with Crippen LogP contribution in [0.2, 0.25) is 5.02 Å². The van der Waals surface area contributed by atoms with Gasteiger partial charge in [0.25, 0.3) is 0 Å². The van der Waals surface area contributed by atoms with Crippen LogP contribution in [0.25, 0.3) is 0 Å². The topological polar surface area (TPSA) is 75.3 Å². The number of rotatable bonds is 3. The van der Waals surface area contributed by atoms with Gasteiger partial charge in [-0.25, -0.2) is 9.18 Å². The molecule has 126 valence electrons. The molecule has 1 atom stereocenters. The van der Waals surface area contributed by atoms with Gasteiger partial charge in [0.1, 0.15) is 17.6 Å². The first kappa shape index (κ1) is 16.6. The van der Waals surface area contributed by atoms with Gasteiger partial charge < -0.3 is 20.7 Å². The maximum atomic E-state index is 14.2. The van der Waals surface area contributed by atoms with Gasteiger partial charge in [-0.3, -0.25) is 4.98 Å². The molecule has 2 aromatic rings. The first-order valence-electron chi connectivity index (χ1n) is 7.43. The van der Waals surface area contributed by atoms with E-state index >= 15 is 0 Å². The molecule has 0 aliphatic carbocycles. The number of ether oxygens (including phenoxy) is 1. The summed E-state index contributed by atoms with van der Waals surface area (Å²) in [6.45, 7) is 1.75. The summed E-state index contributed by atoms with van der Waals surface area (Å²) in [5.74, 6) is -0.524. The molecule has 0 spiro atoms. The molecule has 3 rings (SSSR count). The fourth-order valence-corrected chi connectivity index (χ4v) is 2.54. The molecule has 24 heavy (non-hydrogen) atoms. The van der Waals surface area contributed by atoms with Crippen molar-refractivity contribution in [2.45, 2.75) is 6.10 Å². The number of benzene rings is 1. The lowest BCUT2D eigenvalue weighted by atomic mass is 10.2. The number of hydrogen-bond acceptors (Lipinski definition) is 4. The Bertz CT molecular complexity index is 738. The Morgan fingerprint density at radius 3 is 2.88 bits per heavy atom. The van der Waals surface area contributed by atoms with Crippen molar-refractivity contribution in [2.24, 2.45) is 0 Å². The molecule has 0 saturated carbocycles. The average Bonchev–Trinajstić information content (AvgIpc) is 2.55. The van der Waals surface area contributed by atoms with Crippen LogP contribution in [0, 0.1) is 5.82 Å². The summed E-state index contributed by atoms with van der Waals surface area (Å²) >= 11 is 5.85. The third-order valence-corrected chi connectivity index (χ3v) is 3.68. The molecule has 0 unspecified atom stereocenters. The summed E-state index contributed by atoms with van der Waals surface area (Å²) in [6, 6.07) is 7.42. The third kappa shape index (κ3) is 4.19. The van der Waals surface area contributed by atoms with Crippen LogP contribution in [-0.2, 0) is 4.74 Å². The number of nitrogens with zero attached hydrogens (tertiary/aromatic N) is 1. The Morgan fingerprint density at radius 2 is 2.17 bits per heavy atom. The van der Waals surface area contributed by atoms with Gasteiger partial charge in [0.2, 0.25) is 0 Å². The van der Waals surface area contributed by atoms with Crippen LogP contribution in [0.3, 0.4) is 0 Å². The largest absolute Gasteiger partial charge is 0.369 e. The Morgan fingerprint density at radius 1 is 1.33 bits per heavy atom. The lowest BCUT2D eigenvalue weighted by Gasteiger charge is -2.23. The van der Waals surface area contributed by atoms with Crippen molar-refractivity contribution in [1.82, 2.24) is 10.3 Å². The molecular weight excluding hydrogens is 335 g/mol. The van der Waals surface area contributed by atoms with Gasteiger partial charge in [-0.05, 0) is 18.2 Å². The van der Waals surface area contributed by atoms with Gasteiger partial charge in [0.05, 0.1) is 18.5 Å². The Labute approximate surface area is 143 Å². The van der Waals surface area contributed by atoms with Crippen LogP contribution in [0.5, 0.6) is 0 Å². The number of carbonyl (C=O) groups is 1. The van der Waals surface area contributed by atoms with Crippen molar-refractivity contribution in [1.29, 1.82) is 0 Å². The second kappa shape index (κ2) is 7.57. The molecular formula is C16H16ClFN4O2. The van der Waals surface area contributed by atoms with E-state index in [4.69, 9.17) is 16.3 Å². The van der Waals surface area contributed by atoms with Crippen LogP contribution in [0.15, 0.2) is 36.5 Å². The molecule has 0 bridgehead atoms. The molecule has 1 aliphatic rings. The highest BCUT2D eigenvalue weighted by Gasteiger charge is 2.21. The Balaban J connectivity index is 1.64. The summed E-state index contributed by atoms with van der Waals surface area (Å²) in [7, 11) is 0. The van der Waals surface area contributed by atoms with E-state index in [1.165, 1.54) is 12.3 Å². The molecule has 1 aromatic carbocycles. The molecule has 2 heterocycles. The average molecular weight is 351 g/mol. The molecule has 6 nitrogen and oxygen atoms in total. The first-order chi connectivity index (χ1) is 11.6. The smallest absolute Gasteiger partial charge is 0.323 e. The minimum Gasteiger partial charge on any atom is -0.369 e. The summed E-state index contributed by atoms with van der Waals surface area (Å²) in [5.41, 5.74) is 1.01. The summed E-state index contributed by atoms with van der Waals surface area (Å²) < 4.78 is 19.7. The number of halogens is 2. The Kier molecular flexibility index (Phi) is 5.24. The van der Waals surface area contributed by atoms with Crippen molar-refractivity contribution in [3.05, 3.63) is 53.1 Å². The van der Waals surface area contributed by atoms with Crippen LogP contribution < -0.4 is 16.0 Å². The van der Waals surface area contributed by atoms with Crippen LogP contribution in [0.4, 0.5) is 20.6 Å². The Hall–Kier alpha value is -2.22. The number of pyridine rings is 1. The molecule has 3 N–H and O–H groups in total. The minimum atomic E-state index is -0.524. The molecule has 8 heteroatoms. The van der Waals surface area contributed by atoms with Gasteiger partial charge in [0, 0.05) is 29.9 Å². The summed E-state index contributed by atoms with van der Waals surface area (Å²) in [5, 5.41) is 8.76. The van der Waals surface area contributed by atoms with E-state index in [1.54, 1.807) is 24.3 Å². The molecule has 1 fully saturated rings. The highest BCUT2D eigenvalue weighted by atomic mass is 35.5. The minimum absolute atomic E-state index is 0.225. The first-order valence-corrected chi connectivity index (χ1v) is 7.81. The van der Waals surface area contributed by atoms with E-state index in [0.29, 0.717) is 23.9 Å². The SMILES string of the molecule is O=C(Nc1cccc(Cl)c1)Nc1cnc([C@@H]2CNCCO2)c(F)c1. The molecule has 2 amide bonds. The zero-order chi connectivity index (χ0) is 16.9. The van der Waals surface area contributed by atoms with E-state index < -0.39 is 18.0 Å². The zero-order valence-electron chi connectivity index (χ0n) is 12.7. The van der Waals surface area contributed by atoms with Gasteiger partial charge in [0.15, 0.2) is 0 Å². The van der Waals surface area contributed by atoms with Crippen LogP contribution in [-0.4, -0.2) is 30.7 Å². The van der Waals surface area contributed by atoms with Crippen molar-refractivity contribution in [2.75, 3.05) is 30.3 Å². The molecule has 0 radical (unpaired) electrons. The normalized spacial score (nSPS) is 17.3. The number of urea groups is 1. The van der Waals surface area contributed by atoms with Crippen molar-refractivity contribution in [3.63, 3.8) is 0 Å². The lowest BCUT2D eigenvalue weighted by Crippen LogP contribution is -2.34. The second-order valence-electron chi connectivity index (χ2n) is 5.24. The van der Waals surface area contributed by atoms with Gasteiger partial charge in [-0.15, -0.1) is 0 Å². The fourth-order valence-electron chi connectivity index (χ4n) is 2.35. The maximum Gasteiger partial charge on any atom is 0.323 e. The molecule has 1 aromatic heterocycles. The van der Waals surface area contributed by atoms with E-state index in [2.05, 4.69) is 20.9 Å².